The molecule has 3 heterocycles. The van der Waals surface area contributed by atoms with Crippen LogP contribution in [0.1, 0.15) is 88.2 Å². The van der Waals surface area contributed by atoms with Crippen LogP contribution in [-0.2, 0) is 38.8 Å². The van der Waals surface area contributed by atoms with Crippen LogP contribution in [0.15, 0.2) is 277 Å². The molecule has 0 atom stereocenters. The highest BCUT2D eigenvalue weighted by Gasteiger charge is 2.37. The molecule has 0 saturated carbocycles. The molecule has 2 aromatic heterocycles. The van der Waals surface area contributed by atoms with Gasteiger partial charge in [0.1, 0.15) is 30.0 Å². The van der Waals surface area contributed by atoms with Gasteiger partial charge in [0.05, 0.1) is 29.1 Å². The fraction of sp³-hybridized carbons (Fsp3) is 0.143. The zero-order valence-electron chi connectivity index (χ0n) is 56.4. The minimum Gasteiger partial charge on any atom is -0.457 e. The number of halogens is 2. The maximum atomic E-state index is 15.9. The van der Waals surface area contributed by atoms with Gasteiger partial charge in [-0.25, -0.2) is 9.59 Å². The summed E-state index contributed by atoms with van der Waals surface area (Å²) in [5, 5.41) is 10.4. The van der Waals surface area contributed by atoms with Gasteiger partial charge < -0.3 is 28.5 Å². The number of para-hydroxylation sites is 4. The Balaban J connectivity index is 0.780. The van der Waals surface area contributed by atoms with Crippen molar-refractivity contribution in [3.63, 3.8) is 0 Å². The van der Waals surface area contributed by atoms with E-state index in [1.54, 1.807) is 51.5 Å². The highest BCUT2D eigenvalue weighted by Crippen LogP contribution is 2.45. The lowest BCUT2D eigenvalue weighted by Crippen LogP contribution is -2.19. The largest absolute Gasteiger partial charge is 0.677 e. The number of fused-ring (bicyclic) bond motifs is 1. The Bertz CT molecular complexity index is 4800. The van der Waals surface area contributed by atoms with Crippen LogP contribution in [0.5, 0.6) is 5.75 Å². The molecule has 0 unspecified atom stereocenters. The lowest BCUT2D eigenvalue weighted by Gasteiger charge is -2.25. The summed E-state index contributed by atoms with van der Waals surface area (Å²) in [5.74, 6) is -1.63. The van der Waals surface area contributed by atoms with Crippen molar-refractivity contribution in [3.8, 4) is 28.0 Å². The molecule has 496 valence electrons. The quantitative estimate of drug-likeness (QED) is 0.0264. The van der Waals surface area contributed by atoms with Gasteiger partial charge in [-0.05, 0) is 189 Å². The fourth-order valence-electron chi connectivity index (χ4n) is 13.4. The molecule has 13 rings (SSSR count). The van der Waals surface area contributed by atoms with Gasteiger partial charge in [0.15, 0.2) is 0 Å². The molecule has 0 N–H and O–H groups in total. The molecule has 0 fully saturated rings. The third-order valence-electron chi connectivity index (χ3n) is 18.1. The molecule has 0 bridgehead atoms. The van der Waals surface area contributed by atoms with E-state index in [1.165, 1.54) is 6.92 Å². The van der Waals surface area contributed by atoms with Gasteiger partial charge >= 0.3 is 25.3 Å². The first-order chi connectivity index (χ1) is 48.7. The van der Waals surface area contributed by atoms with E-state index in [0.717, 1.165) is 83.0 Å². The molecular formula is C84H72BF2N7O6. The molecule has 0 saturated heterocycles. The Morgan fingerprint density at radius 2 is 0.890 bits per heavy atom. The summed E-state index contributed by atoms with van der Waals surface area (Å²) in [6.07, 6.45) is 1.06. The number of hydrogen-bond donors (Lipinski definition) is 0. The number of unbranched alkanes of at least 4 members (excludes halogenated alkanes) is 1. The van der Waals surface area contributed by atoms with E-state index in [2.05, 4.69) is 119 Å². The first-order valence-corrected chi connectivity index (χ1v) is 33.3. The molecule has 0 aliphatic carbocycles. The topological polar surface area (TPSA) is 133 Å². The summed E-state index contributed by atoms with van der Waals surface area (Å²) in [4.78, 5) is 53.2. The number of nitrogens with zero attached hydrogens (tertiary/aromatic N) is 7. The second-order valence-electron chi connectivity index (χ2n) is 24.7. The highest BCUT2D eigenvalue weighted by molar-refractivity contribution is 6.42. The number of aryl methyl sites for hydroxylation is 3. The van der Waals surface area contributed by atoms with Crippen molar-refractivity contribution in [2.45, 2.75) is 80.6 Å². The summed E-state index contributed by atoms with van der Waals surface area (Å²) in [5.41, 5.74) is 16.1. The maximum absolute atomic E-state index is 15.9. The molecule has 1 aliphatic heterocycles. The standard InChI is InChI=1S/C84H72BF2N7O6/c1-55-51-71(52-56(2)75(55)78(79-57(3)76(59(5)88-79)83(96)98-53-61-27-13-7-14-28-61)82-58(4)77(60(6)94(82)85(86)87)84(97)99-54-62-29-15-8-16-30-62)100-74(95)39-25-26-50-91-89-80-72(63-40-44-69(45-41-63)92(65-31-17-9-18-32-65)66-33-19-10-20-34-66)48-49-73(81(80)90-91)64-42-46-70(47-43-64)93(67-35-21-11-22-36-67)68-37-23-12-24-38-68/h7-24,27-38,40-49,51-52H,25-26,39,50,53-54H2,1-6H3/b79-78-. The van der Waals surface area contributed by atoms with Gasteiger partial charge in [-0.1, -0.05) is 170 Å². The monoisotopic (exact) mass is 1320 g/mol. The molecular weight excluding hydrogens is 1250 g/mol. The van der Waals surface area contributed by atoms with Crippen molar-refractivity contribution in [2.24, 2.45) is 4.99 Å². The first-order valence-electron chi connectivity index (χ1n) is 33.3. The van der Waals surface area contributed by atoms with Gasteiger partial charge in [-0.2, -0.15) is 15.0 Å². The van der Waals surface area contributed by atoms with E-state index in [4.69, 9.17) is 29.4 Å². The SMILES string of the molecule is CC1=N/C(=C(/c2c(C)cc(OC(=O)CCCCn3nc4c(-c5ccc(N(c6ccccc6)c6ccccc6)cc5)ccc(-c5ccc(N(c6ccccc6)c6ccccc6)cc5)c4n3)cc2C)c2c(C)c(C(=O)OCc3ccccc3)c(C)n2B(F)F)C(C)=C1C(=O)OCc1ccccc1. The summed E-state index contributed by atoms with van der Waals surface area (Å²) < 4.78 is 50.3. The Hall–Kier alpha value is -12.0. The third-order valence-corrected chi connectivity index (χ3v) is 18.1. The summed E-state index contributed by atoms with van der Waals surface area (Å²) in [6.45, 7) is 10.4. The second kappa shape index (κ2) is 29.8. The van der Waals surface area contributed by atoms with Crippen LogP contribution < -0.4 is 14.5 Å². The molecule has 1 aliphatic rings. The number of carbonyl (C=O) groups excluding carboxylic acids is 3. The van der Waals surface area contributed by atoms with Crippen molar-refractivity contribution in [1.29, 1.82) is 0 Å². The van der Waals surface area contributed by atoms with Crippen LogP contribution in [0.4, 0.5) is 42.8 Å². The Labute approximate surface area is 580 Å². The van der Waals surface area contributed by atoms with E-state index in [9.17, 15) is 14.4 Å². The average molecular weight is 1320 g/mol. The number of allylic oxidation sites excluding steroid dienone is 1. The molecule has 10 aromatic carbocycles. The minimum absolute atomic E-state index is 0.000274. The zero-order chi connectivity index (χ0) is 69.4. The Morgan fingerprint density at radius 3 is 1.32 bits per heavy atom. The van der Waals surface area contributed by atoms with Crippen LogP contribution >= 0.6 is 0 Å². The van der Waals surface area contributed by atoms with Gasteiger partial charge in [-0.15, -0.1) is 0 Å². The number of benzene rings is 10. The predicted octanol–water partition coefficient (Wildman–Crippen LogP) is 19.9. The van der Waals surface area contributed by atoms with E-state index < -0.39 is 25.3 Å². The van der Waals surface area contributed by atoms with Crippen LogP contribution in [0, 0.1) is 27.7 Å². The lowest BCUT2D eigenvalue weighted by molar-refractivity contribution is -0.139. The predicted molar refractivity (Wildman–Crippen MR) is 394 cm³/mol. The van der Waals surface area contributed by atoms with Gasteiger partial charge in [-0.3, -0.25) is 18.4 Å². The Kier molecular flexibility index (Phi) is 19.8. The second-order valence-corrected chi connectivity index (χ2v) is 24.7. The number of aromatic nitrogens is 4. The minimum atomic E-state index is -3.12. The summed E-state index contributed by atoms with van der Waals surface area (Å²) >= 11 is 0. The number of esters is 3. The van der Waals surface area contributed by atoms with E-state index in [-0.39, 0.29) is 64.7 Å². The summed E-state index contributed by atoms with van der Waals surface area (Å²) in [7, 11) is -3.12. The number of anilines is 6. The average Bonchev–Trinajstić information content (AvgIpc) is 1.57. The van der Waals surface area contributed by atoms with Crippen LogP contribution in [0.2, 0.25) is 0 Å². The number of ether oxygens (including phenoxy) is 3. The van der Waals surface area contributed by atoms with E-state index >= 15 is 8.63 Å². The van der Waals surface area contributed by atoms with Crippen LogP contribution in [0.25, 0.3) is 38.9 Å². The smallest absolute Gasteiger partial charge is 0.457 e. The number of carbonyl (C=O) groups is 3. The van der Waals surface area contributed by atoms with Crippen LogP contribution in [0.3, 0.4) is 0 Å². The number of rotatable bonds is 23. The van der Waals surface area contributed by atoms with Gasteiger partial charge in [0.2, 0.25) is 0 Å². The zero-order valence-corrected chi connectivity index (χ0v) is 56.4. The van der Waals surface area contributed by atoms with Crippen molar-refractivity contribution in [2.75, 3.05) is 9.80 Å². The number of aliphatic imine (C=N–C) groups is 1. The summed E-state index contributed by atoms with van der Waals surface area (Å²) in [6, 6.07) is 84.2. The van der Waals surface area contributed by atoms with E-state index in [1.807, 2.05) is 133 Å². The van der Waals surface area contributed by atoms with Gasteiger partial charge in [0.25, 0.3) is 0 Å². The van der Waals surface area contributed by atoms with E-state index in [0.29, 0.717) is 47.4 Å². The fourth-order valence-corrected chi connectivity index (χ4v) is 13.4. The maximum Gasteiger partial charge on any atom is 0.677 e. The van der Waals surface area contributed by atoms with Crippen molar-refractivity contribution in [3.05, 3.63) is 322 Å². The molecule has 0 amide bonds. The van der Waals surface area contributed by atoms with Gasteiger partial charge in [0, 0.05) is 68.6 Å². The highest BCUT2D eigenvalue weighted by atomic mass is 19.2. The first kappa shape index (κ1) is 66.6. The normalized spacial score (nSPS) is 12.5. The van der Waals surface area contributed by atoms with Crippen molar-refractivity contribution < 1.29 is 37.2 Å². The molecule has 16 heteroatoms. The third kappa shape index (κ3) is 14.1. The molecule has 100 heavy (non-hydrogen) atoms. The van der Waals surface area contributed by atoms with Crippen molar-refractivity contribution in [1.82, 2.24) is 19.5 Å². The molecule has 0 spiro atoms. The van der Waals surface area contributed by atoms with Crippen molar-refractivity contribution >= 4 is 81.8 Å². The lowest BCUT2D eigenvalue weighted by atomic mass is 9.87. The number of hydrogen-bond acceptors (Lipinski definition) is 11. The molecule has 12 aromatic rings. The molecule has 0 radical (unpaired) electrons. The Morgan fingerprint density at radius 1 is 0.480 bits per heavy atom. The van der Waals surface area contributed by atoms with Crippen LogP contribution in [-0.4, -0.2) is 50.5 Å². The molecule has 13 nitrogen and oxygen atoms in total.